The molecule has 1 fully saturated rings. The molecular formula is C26H35N5O2S2. The second-order valence-electron chi connectivity index (χ2n) is 9.10. The molecule has 2 aliphatic heterocycles. The molecule has 2 amide bonds. The zero-order valence-corrected chi connectivity index (χ0v) is 22.5. The van der Waals surface area contributed by atoms with Gasteiger partial charge >= 0.3 is 6.03 Å². The summed E-state index contributed by atoms with van der Waals surface area (Å²) in [5.74, 6) is 0. The number of hydrogen-bond donors (Lipinski definition) is 2. The largest absolute Gasteiger partial charge is 0.378 e. The number of rotatable bonds is 7. The van der Waals surface area contributed by atoms with Gasteiger partial charge in [0.05, 0.1) is 18.2 Å². The number of nitrogens with zero attached hydrogens (tertiary/aromatic N) is 3. The molecule has 0 saturated carbocycles. The molecule has 1 saturated heterocycles. The number of urea groups is 1. The lowest BCUT2D eigenvalue weighted by molar-refractivity contribution is 0.123. The lowest BCUT2D eigenvalue weighted by Crippen LogP contribution is -2.36. The van der Waals surface area contributed by atoms with Crippen molar-refractivity contribution in [2.24, 2.45) is 0 Å². The fourth-order valence-corrected chi connectivity index (χ4v) is 7.80. The molecule has 0 spiro atoms. The summed E-state index contributed by atoms with van der Waals surface area (Å²) in [6.45, 7) is 13.5. The van der Waals surface area contributed by atoms with Crippen molar-refractivity contribution in [3.05, 3.63) is 51.7 Å². The number of thiophene rings is 2. The minimum atomic E-state index is -0.140. The van der Waals surface area contributed by atoms with Crippen LogP contribution in [0, 0.1) is 6.92 Å². The van der Waals surface area contributed by atoms with Crippen LogP contribution in [0.1, 0.15) is 41.0 Å². The van der Waals surface area contributed by atoms with Crippen LogP contribution in [0.15, 0.2) is 24.5 Å². The molecule has 0 radical (unpaired) electrons. The van der Waals surface area contributed by atoms with Gasteiger partial charge in [-0.2, -0.15) is 0 Å². The molecule has 188 valence electrons. The number of likely N-dealkylation sites (N-methyl/N-ethyl adjacent to an activating group) is 1. The van der Waals surface area contributed by atoms with Gasteiger partial charge in [0.25, 0.3) is 0 Å². The van der Waals surface area contributed by atoms with E-state index in [0.29, 0.717) is 6.54 Å². The molecule has 7 nitrogen and oxygen atoms in total. The Morgan fingerprint density at radius 3 is 2.54 bits per heavy atom. The van der Waals surface area contributed by atoms with E-state index in [1.807, 2.05) is 11.3 Å². The molecule has 0 unspecified atom stereocenters. The smallest absolute Gasteiger partial charge is 0.320 e. The Morgan fingerprint density at radius 2 is 1.83 bits per heavy atom. The number of hydrogen-bond acceptors (Lipinski definition) is 6. The second kappa shape index (κ2) is 10.7. The van der Waals surface area contributed by atoms with Crippen LogP contribution in [0.2, 0.25) is 0 Å². The molecule has 35 heavy (non-hydrogen) atoms. The number of anilines is 2. The first-order chi connectivity index (χ1) is 17.1. The summed E-state index contributed by atoms with van der Waals surface area (Å²) in [6, 6.07) is 3.97. The molecule has 0 aromatic carbocycles. The molecule has 0 aliphatic carbocycles. The van der Waals surface area contributed by atoms with Crippen molar-refractivity contribution in [1.82, 2.24) is 14.8 Å². The standard InChI is InChI=1S/C26H35N5O2S2/c1-4-19-18(3)24(31-12-14-33-15-13-31)35-23(19)28-26(32)27-16-21-20-8-11-29(5-2)17-22(20)34-25(21)30-9-6-7-10-30/h6-7,9-10H,4-5,8,11-17H2,1-3H3,(H2,27,28,32). The van der Waals surface area contributed by atoms with Gasteiger partial charge in [-0.1, -0.05) is 13.8 Å². The maximum atomic E-state index is 13.1. The third kappa shape index (κ3) is 5.00. The molecule has 0 atom stereocenters. The van der Waals surface area contributed by atoms with Crippen LogP contribution in [-0.2, 0) is 30.7 Å². The van der Waals surface area contributed by atoms with Crippen molar-refractivity contribution in [3.63, 3.8) is 0 Å². The fraction of sp³-hybridized carbons (Fsp3) is 0.500. The molecule has 9 heteroatoms. The highest BCUT2D eigenvalue weighted by Gasteiger charge is 2.25. The lowest BCUT2D eigenvalue weighted by atomic mass is 10.0. The van der Waals surface area contributed by atoms with E-state index >= 15 is 0 Å². The highest BCUT2D eigenvalue weighted by Crippen LogP contribution is 2.40. The lowest BCUT2D eigenvalue weighted by Gasteiger charge is -2.28. The van der Waals surface area contributed by atoms with Crippen LogP contribution >= 0.6 is 22.7 Å². The van der Waals surface area contributed by atoms with Gasteiger partial charge in [-0.25, -0.2) is 4.79 Å². The molecular weight excluding hydrogens is 478 g/mol. The van der Waals surface area contributed by atoms with Gasteiger partial charge in [-0.3, -0.25) is 10.2 Å². The number of fused-ring (bicyclic) bond motifs is 1. The van der Waals surface area contributed by atoms with E-state index in [1.54, 1.807) is 11.3 Å². The van der Waals surface area contributed by atoms with Gasteiger partial charge < -0.3 is 19.5 Å². The van der Waals surface area contributed by atoms with Crippen LogP contribution in [0.25, 0.3) is 5.00 Å². The Morgan fingerprint density at radius 1 is 1.06 bits per heavy atom. The summed E-state index contributed by atoms with van der Waals surface area (Å²) in [5, 5.41) is 9.78. The van der Waals surface area contributed by atoms with E-state index in [1.165, 1.54) is 37.1 Å². The number of aromatic nitrogens is 1. The van der Waals surface area contributed by atoms with Crippen LogP contribution < -0.4 is 15.5 Å². The first-order valence-corrected chi connectivity index (χ1v) is 14.2. The molecule has 3 aromatic heterocycles. The van der Waals surface area contributed by atoms with Gasteiger partial charge in [0.2, 0.25) is 0 Å². The van der Waals surface area contributed by atoms with Crippen molar-refractivity contribution in [2.45, 2.75) is 46.7 Å². The van der Waals surface area contributed by atoms with Crippen molar-refractivity contribution in [3.8, 4) is 5.00 Å². The molecule has 2 aliphatic rings. The maximum Gasteiger partial charge on any atom is 0.320 e. The Balaban J connectivity index is 1.33. The van der Waals surface area contributed by atoms with Crippen LogP contribution in [0.3, 0.4) is 0 Å². The molecule has 5 rings (SSSR count). The van der Waals surface area contributed by atoms with E-state index in [9.17, 15) is 4.79 Å². The molecule has 0 bridgehead atoms. The molecule has 2 N–H and O–H groups in total. The predicted molar refractivity (Wildman–Crippen MR) is 146 cm³/mol. The minimum absolute atomic E-state index is 0.140. The summed E-state index contributed by atoms with van der Waals surface area (Å²) in [6.07, 6.45) is 6.11. The van der Waals surface area contributed by atoms with Crippen LogP contribution in [0.5, 0.6) is 0 Å². The Hall–Kier alpha value is -2.33. The van der Waals surface area contributed by atoms with E-state index < -0.39 is 0 Å². The number of morpholine rings is 1. The van der Waals surface area contributed by atoms with Gasteiger partial charge in [0.15, 0.2) is 0 Å². The predicted octanol–water partition coefficient (Wildman–Crippen LogP) is 5.01. The Kier molecular flexibility index (Phi) is 7.48. The van der Waals surface area contributed by atoms with E-state index in [4.69, 9.17) is 4.74 Å². The maximum absolute atomic E-state index is 13.1. The third-order valence-corrected chi connectivity index (χ3v) is 9.64. The van der Waals surface area contributed by atoms with Crippen molar-refractivity contribution < 1.29 is 9.53 Å². The fourth-order valence-electron chi connectivity index (χ4n) is 5.08. The van der Waals surface area contributed by atoms with Crippen LogP contribution in [0.4, 0.5) is 14.8 Å². The first kappa shape index (κ1) is 24.4. The van der Waals surface area contributed by atoms with Gasteiger partial charge in [-0.05, 0) is 55.1 Å². The summed E-state index contributed by atoms with van der Waals surface area (Å²) in [4.78, 5) is 19.4. The average Bonchev–Trinajstić information content (AvgIpc) is 3.60. The summed E-state index contributed by atoms with van der Waals surface area (Å²) in [7, 11) is 0. The monoisotopic (exact) mass is 513 g/mol. The first-order valence-electron chi connectivity index (χ1n) is 12.6. The van der Waals surface area contributed by atoms with E-state index in [0.717, 1.165) is 63.8 Å². The minimum Gasteiger partial charge on any atom is -0.378 e. The van der Waals surface area contributed by atoms with E-state index in [-0.39, 0.29) is 6.03 Å². The van der Waals surface area contributed by atoms with Gasteiger partial charge in [0.1, 0.15) is 10.0 Å². The highest BCUT2D eigenvalue weighted by atomic mass is 32.1. The topological polar surface area (TPSA) is 61.8 Å². The van der Waals surface area contributed by atoms with Gasteiger partial charge in [0, 0.05) is 55.6 Å². The molecule has 3 aromatic rings. The summed E-state index contributed by atoms with van der Waals surface area (Å²) in [5.41, 5.74) is 5.17. The van der Waals surface area contributed by atoms with E-state index in [2.05, 4.69) is 70.3 Å². The second-order valence-corrected chi connectivity index (χ2v) is 11.2. The van der Waals surface area contributed by atoms with Crippen molar-refractivity contribution in [1.29, 1.82) is 0 Å². The zero-order chi connectivity index (χ0) is 24.4. The van der Waals surface area contributed by atoms with Crippen molar-refractivity contribution >= 4 is 38.7 Å². The average molecular weight is 514 g/mol. The number of ether oxygens (including phenoxy) is 1. The Bertz CT molecular complexity index is 1160. The Labute approximate surface area is 215 Å². The normalized spacial score (nSPS) is 16.4. The number of nitrogens with one attached hydrogen (secondary N) is 2. The quantitative estimate of drug-likeness (QED) is 0.466. The summed E-state index contributed by atoms with van der Waals surface area (Å²) < 4.78 is 7.71. The molecule has 5 heterocycles. The SMILES string of the molecule is CCc1c(NC(=O)NCc2c(-n3cccc3)sc3c2CCN(CC)C3)sc(N2CCOCC2)c1C. The van der Waals surface area contributed by atoms with Crippen LogP contribution in [-0.4, -0.2) is 54.9 Å². The highest BCUT2D eigenvalue weighted by molar-refractivity contribution is 7.20. The van der Waals surface area contributed by atoms with Crippen molar-refractivity contribution in [2.75, 3.05) is 49.6 Å². The summed E-state index contributed by atoms with van der Waals surface area (Å²) >= 11 is 3.54. The van der Waals surface area contributed by atoms with Gasteiger partial charge in [-0.15, -0.1) is 22.7 Å². The number of amides is 2. The third-order valence-electron chi connectivity index (χ3n) is 7.06. The number of carbonyl (C=O) groups excluding carboxylic acids is 1. The zero-order valence-electron chi connectivity index (χ0n) is 20.9. The number of carbonyl (C=O) groups is 1.